The molecule has 1 aliphatic carbocycles. The quantitative estimate of drug-likeness (QED) is 0.698. The van der Waals surface area contributed by atoms with Gasteiger partial charge in [0, 0.05) is 30.7 Å². The molecule has 2 aliphatic rings. The highest BCUT2D eigenvalue weighted by Crippen LogP contribution is 2.32. The molecule has 1 unspecified atom stereocenters. The van der Waals surface area contributed by atoms with Crippen molar-refractivity contribution >= 4 is 0 Å². The van der Waals surface area contributed by atoms with Crippen LogP contribution in [0.1, 0.15) is 40.0 Å². The zero-order valence-corrected chi connectivity index (χ0v) is 9.14. The van der Waals surface area contributed by atoms with Gasteiger partial charge in [-0.25, -0.2) is 0 Å². The Morgan fingerprint density at radius 2 is 2.08 bits per heavy atom. The maximum absolute atomic E-state index is 3.63. The molecule has 2 rings (SSSR count). The second-order valence-electron chi connectivity index (χ2n) is 5.23. The summed E-state index contributed by atoms with van der Waals surface area (Å²) in [6, 6.07) is 1.71. The van der Waals surface area contributed by atoms with Crippen molar-refractivity contribution in [1.82, 2.24) is 10.2 Å². The van der Waals surface area contributed by atoms with Gasteiger partial charge in [-0.3, -0.25) is 4.90 Å². The summed E-state index contributed by atoms with van der Waals surface area (Å²) in [5, 5.41) is 3.63. The van der Waals surface area contributed by atoms with E-state index < -0.39 is 0 Å². The van der Waals surface area contributed by atoms with Gasteiger partial charge in [-0.05, 0) is 33.1 Å². The van der Waals surface area contributed by atoms with Crippen LogP contribution in [0.2, 0.25) is 0 Å². The molecule has 1 heterocycles. The zero-order chi connectivity index (χ0) is 9.47. The lowest BCUT2D eigenvalue weighted by atomic mass is 9.97. The maximum atomic E-state index is 3.63. The van der Waals surface area contributed by atoms with Crippen molar-refractivity contribution in [2.75, 3.05) is 13.1 Å². The van der Waals surface area contributed by atoms with Crippen LogP contribution in [0.4, 0.5) is 0 Å². The molecule has 0 aromatic heterocycles. The van der Waals surface area contributed by atoms with Crippen LogP contribution in [0.5, 0.6) is 0 Å². The molecule has 13 heavy (non-hydrogen) atoms. The molecule has 0 radical (unpaired) electrons. The molecule has 2 fully saturated rings. The first-order chi connectivity index (χ1) is 6.12. The van der Waals surface area contributed by atoms with E-state index in [4.69, 9.17) is 0 Å². The summed E-state index contributed by atoms with van der Waals surface area (Å²) in [5.74, 6) is 0. The monoisotopic (exact) mass is 182 g/mol. The average molecular weight is 182 g/mol. The molecule has 0 aromatic rings. The Bertz CT molecular complexity index is 185. The molecular weight excluding hydrogens is 160 g/mol. The average Bonchev–Trinajstić information content (AvgIpc) is 2.85. The van der Waals surface area contributed by atoms with Gasteiger partial charge < -0.3 is 5.32 Å². The van der Waals surface area contributed by atoms with Crippen molar-refractivity contribution in [3.8, 4) is 0 Å². The lowest BCUT2D eigenvalue weighted by Gasteiger charge is -2.44. The second-order valence-corrected chi connectivity index (χ2v) is 5.23. The number of hydrogen-bond acceptors (Lipinski definition) is 2. The molecule has 2 nitrogen and oxygen atoms in total. The van der Waals surface area contributed by atoms with E-state index in [1.807, 2.05) is 0 Å². The predicted octanol–water partition coefficient (Wildman–Crippen LogP) is 1.61. The fourth-order valence-electron chi connectivity index (χ4n) is 2.37. The van der Waals surface area contributed by atoms with Crippen molar-refractivity contribution < 1.29 is 0 Å². The first kappa shape index (κ1) is 9.47. The van der Waals surface area contributed by atoms with Crippen molar-refractivity contribution in [3.05, 3.63) is 0 Å². The van der Waals surface area contributed by atoms with Gasteiger partial charge in [-0.1, -0.05) is 6.92 Å². The highest BCUT2D eigenvalue weighted by molar-refractivity contribution is 4.98. The third-order valence-electron chi connectivity index (χ3n) is 3.35. The van der Waals surface area contributed by atoms with E-state index in [2.05, 4.69) is 31.0 Å². The lowest BCUT2D eigenvalue weighted by molar-refractivity contribution is 0.0853. The number of hydrogen-bond donors (Lipinski definition) is 1. The molecule has 76 valence electrons. The summed E-state index contributed by atoms with van der Waals surface area (Å²) in [6.45, 7) is 9.35. The van der Waals surface area contributed by atoms with Crippen molar-refractivity contribution in [1.29, 1.82) is 0 Å². The Hall–Kier alpha value is -0.0800. The van der Waals surface area contributed by atoms with Crippen LogP contribution in [0.3, 0.4) is 0 Å². The maximum Gasteiger partial charge on any atom is 0.0253 e. The minimum Gasteiger partial charge on any atom is -0.309 e. The highest BCUT2D eigenvalue weighted by atomic mass is 15.3. The Balaban J connectivity index is 2.00. The molecule has 2 heteroatoms. The van der Waals surface area contributed by atoms with Gasteiger partial charge in [0.25, 0.3) is 0 Å². The highest BCUT2D eigenvalue weighted by Gasteiger charge is 2.39. The van der Waals surface area contributed by atoms with Crippen molar-refractivity contribution in [2.45, 2.75) is 57.7 Å². The molecule has 0 aromatic carbocycles. The van der Waals surface area contributed by atoms with Crippen LogP contribution in [0.25, 0.3) is 0 Å². The molecule has 1 atom stereocenters. The predicted molar refractivity (Wildman–Crippen MR) is 55.9 cm³/mol. The summed E-state index contributed by atoms with van der Waals surface area (Å²) in [6.07, 6.45) is 4.17. The van der Waals surface area contributed by atoms with Gasteiger partial charge in [0.15, 0.2) is 0 Å². The zero-order valence-electron chi connectivity index (χ0n) is 9.14. The Morgan fingerprint density at radius 1 is 1.38 bits per heavy atom. The third kappa shape index (κ3) is 2.05. The molecule has 1 saturated carbocycles. The fourth-order valence-corrected chi connectivity index (χ4v) is 2.37. The molecule has 0 amide bonds. The minimum atomic E-state index is 0.328. The Kier molecular flexibility index (Phi) is 2.37. The van der Waals surface area contributed by atoms with Crippen molar-refractivity contribution in [3.63, 3.8) is 0 Å². The summed E-state index contributed by atoms with van der Waals surface area (Å²) in [7, 11) is 0. The molecule has 1 aliphatic heterocycles. The number of nitrogens with one attached hydrogen (secondary N) is 1. The second kappa shape index (κ2) is 3.25. The van der Waals surface area contributed by atoms with Crippen LogP contribution >= 0.6 is 0 Å². The van der Waals surface area contributed by atoms with E-state index >= 15 is 0 Å². The first-order valence-corrected chi connectivity index (χ1v) is 5.63. The van der Waals surface area contributed by atoms with Crippen LogP contribution in [-0.4, -0.2) is 35.6 Å². The van der Waals surface area contributed by atoms with E-state index in [-0.39, 0.29) is 0 Å². The SMILES string of the molecule is CCC1CNC(C)(C)CN1C1CC1. The number of piperazine rings is 1. The normalized spacial score (nSPS) is 34.8. The third-order valence-corrected chi connectivity index (χ3v) is 3.35. The molecular formula is C11H22N2. The van der Waals surface area contributed by atoms with Crippen LogP contribution in [0, 0.1) is 0 Å². The lowest BCUT2D eigenvalue weighted by Crippen LogP contribution is -2.61. The van der Waals surface area contributed by atoms with Gasteiger partial charge in [-0.2, -0.15) is 0 Å². The molecule has 1 N–H and O–H groups in total. The number of nitrogens with zero attached hydrogens (tertiary/aromatic N) is 1. The van der Waals surface area contributed by atoms with Gasteiger partial charge >= 0.3 is 0 Å². The number of rotatable bonds is 2. The van der Waals surface area contributed by atoms with Gasteiger partial charge in [-0.15, -0.1) is 0 Å². The van der Waals surface area contributed by atoms with Gasteiger partial charge in [0.05, 0.1) is 0 Å². The fraction of sp³-hybridized carbons (Fsp3) is 1.00. The Morgan fingerprint density at radius 3 is 2.62 bits per heavy atom. The van der Waals surface area contributed by atoms with E-state index in [1.54, 1.807) is 0 Å². The summed E-state index contributed by atoms with van der Waals surface area (Å²) in [4.78, 5) is 2.73. The van der Waals surface area contributed by atoms with Crippen LogP contribution in [0.15, 0.2) is 0 Å². The van der Waals surface area contributed by atoms with Gasteiger partial charge in [0.1, 0.15) is 0 Å². The minimum absolute atomic E-state index is 0.328. The molecule has 0 bridgehead atoms. The van der Waals surface area contributed by atoms with Crippen LogP contribution in [-0.2, 0) is 0 Å². The van der Waals surface area contributed by atoms with Crippen molar-refractivity contribution in [2.24, 2.45) is 0 Å². The van der Waals surface area contributed by atoms with E-state index in [1.165, 1.54) is 32.4 Å². The standard InChI is InChI=1S/C11H22N2/c1-4-9-7-12-11(2,3)8-13(9)10-5-6-10/h9-10,12H,4-8H2,1-3H3. The van der Waals surface area contributed by atoms with E-state index in [0.29, 0.717) is 5.54 Å². The topological polar surface area (TPSA) is 15.3 Å². The summed E-state index contributed by atoms with van der Waals surface area (Å²) < 4.78 is 0. The van der Waals surface area contributed by atoms with E-state index in [0.717, 1.165) is 12.1 Å². The smallest absolute Gasteiger partial charge is 0.0253 e. The summed E-state index contributed by atoms with van der Waals surface area (Å²) >= 11 is 0. The largest absolute Gasteiger partial charge is 0.309 e. The first-order valence-electron chi connectivity index (χ1n) is 5.63. The van der Waals surface area contributed by atoms with Gasteiger partial charge in [0.2, 0.25) is 0 Å². The summed E-state index contributed by atoms with van der Waals surface area (Å²) in [5.41, 5.74) is 0.328. The van der Waals surface area contributed by atoms with Crippen LogP contribution < -0.4 is 5.32 Å². The Labute approximate surface area is 81.7 Å². The molecule has 0 spiro atoms. The molecule has 1 saturated heterocycles. The van der Waals surface area contributed by atoms with E-state index in [9.17, 15) is 0 Å².